The zero-order chi connectivity index (χ0) is 7.19. The molecule has 2 fully saturated rings. The Balaban J connectivity index is 2.15. The van der Waals surface area contributed by atoms with Crippen LogP contribution in [0.25, 0.3) is 0 Å². The first-order valence-electron chi connectivity index (χ1n) is 3.74. The maximum absolute atomic E-state index is 9.28. The van der Waals surface area contributed by atoms with Gasteiger partial charge in [-0.1, -0.05) is 0 Å². The van der Waals surface area contributed by atoms with E-state index in [2.05, 4.69) is 12.2 Å². The Morgan fingerprint density at radius 3 is 3.20 bits per heavy atom. The zero-order valence-corrected chi connectivity index (χ0v) is 6.95. The van der Waals surface area contributed by atoms with Crippen molar-refractivity contribution < 1.29 is 5.11 Å². The van der Waals surface area contributed by atoms with E-state index >= 15 is 0 Å². The van der Waals surface area contributed by atoms with Crippen LogP contribution in [0.5, 0.6) is 0 Å². The van der Waals surface area contributed by atoms with Crippen LogP contribution in [0, 0.1) is 5.92 Å². The van der Waals surface area contributed by atoms with Crippen LogP contribution < -0.4 is 5.32 Å². The molecule has 0 aromatic heterocycles. The number of aliphatic hydroxyl groups is 1. The Morgan fingerprint density at radius 2 is 2.50 bits per heavy atom. The molecule has 0 spiro atoms. The molecule has 2 saturated heterocycles. The van der Waals surface area contributed by atoms with E-state index in [-0.39, 0.29) is 11.8 Å². The maximum atomic E-state index is 9.28. The number of nitrogens with one attached hydrogen (secondary N) is 1. The zero-order valence-electron chi connectivity index (χ0n) is 6.13. The minimum atomic E-state index is -0.240. The summed E-state index contributed by atoms with van der Waals surface area (Å²) < 4.78 is 0. The van der Waals surface area contributed by atoms with Crippen molar-refractivity contribution in [3.8, 4) is 0 Å². The van der Waals surface area contributed by atoms with Gasteiger partial charge in [0.1, 0.15) is 6.23 Å². The quantitative estimate of drug-likeness (QED) is 0.537. The van der Waals surface area contributed by atoms with Crippen molar-refractivity contribution in [1.29, 1.82) is 0 Å². The molecule has 58 valence electrons. The molecule has 2 nitrogen and oxygen atoms in total. The number of hydrogen-bond acceptors (Lipinski definition) is 3. The van der Waals surface area contributed by atoms with Crippen LogP contribution >= 0.6 is 11.8 Å². The van der Waals surface area contributed by atoms with Gasteiger partial charge >= 0.3 is 0 Å². The lowest BCUT2D eigenvalue weighted by atomic mass is 9.91. The lowest BCUT2D eigenvalue weighted by Crippen LogP contribution is -2.43. The van der Waals surface area contributed by atoms with E-state index in [1.165, 1.54) is 5.75 Å². The summed E-state index contributed by atoms with van der Waals surface area (Å²) in [5.41, 5.74) is 0.240. The predicted molar refractivity (Wildman–Crippen MR) is 43.0 cm³/mol. The molecule has 1 unspecified atom stereocenters. The second-order valence-electron chi connectivity index (χ2n) is 3.53. The summed E-state index contributed by atoms with van der Waals surface area (Å²) in [6.07, 6.45) is 0.708. The van der Waals surface area contributed by atoms with Crippen LogP contribution in [-0.4, -0.2) is 28.4 Å². The highest BCUT2D eigenvalue weighted by atomic mass is 32.2. The summed E-state index contributed by atoms with van der Waals surface area (Å²) >= 11 is 1.99. The number of hydrogen-bond donors (Lipinski definition) is 2. The van der Waals surface area contributed by atoms with Gasteiger partial charge in [-0.25, -0.2) is 0 Å². The van der Waals surface area contributed by atoms with E-state index in [9.17, 15) is 5.11 Å². The van der Waals surface area contributed by atoms with E-state index in [4.69, 9.17) is 0 Å². The highest BCUT2D eigenvalue weighted by Gasteiger charge is 2.46. The van der Waals surface area contributed by atoms with Gasteiger partial charge in [0.25, 0.3) is 0 Å². The molecule has 0 aromatic carbocycles. The molecular formula is C7H13NOS. The van der Waals surface area contributed by atoms with E-state index in [1.807, 2.05) is 11.8 Å². The van der Waals surface area contributed by atoms with Gasteiger partial charge in [0.2, 0.25) is 0 Å². The van der Waals surface area contributed by atoms with E-state index < -0.39 is 0 Å². The van der Waals surface area contributed by atoms with Crippen molar-refractivity contribution in [3.63, 3.8) is 0 Å². The molecule has 2 heterocycles. The Hall–Kier alpha value is 0.270. The molecule has 0 aliphatic carbocycles. The SMILES string of the molecule is C[C@]12CSC[C@H]1CC(O)N2. The first kappa shape index (κ1) is 6.95. The summed E-state index contributed by atoms with van der Waals surface area (Å²) in [5.74, 6) is 3.09. The average molecular weight is 159 g/mol. The fraction of sp³-hybridized carbons (Fsp3) is 1.00. The van der Waals surface area contributed by atoms with Crippen LogP contribution in [-0.2, 0) is 0 Å². The number of rotatable bonds is 0. The van der Waals surface area contributed by atoms with Crippen molar-refractivity contribution in [2.45, 2.75) is 25.1 Å². The molecule has 2 rings (SSSR count). The Labute approximate surface area is 65.4 Å². The van der Waals surface area contributed by atoms with Crippen LogP contribution in [0.1, 0.15) is 13.3 Å². The van der Waals surface area contributed by atoms with Gasteiger partial charge in [-0.3, -0.25) is 5.32 Å². The molecule has 0 radical (unpaired) electrons. The third kappa shape index (κ3) is 0.881. The standard InChI is InChI=1S/C7H13NOS/c1-7-4-10-3-5(7)2-6(9)8-7/h5-6,8-9H,2-4H2,1H3/t5-,6?,7+/m1/s1. The van der Waals surface area contributed by atoms with Gasteiger partial charge in [0.15, 0.2) is 0 Å². The van der Waals surface area contributed by atoms with Crippen LogP contribution in [0.4, 0.5) is 0 Å². The first-order chi connectivity index (χ1) is 4.71. The van der Waals surface area contributed by atoms with E-state index in [0.717, 1.165) is 12.2 Å². The Kier molecular flexibility index (Phi) is 1.48. The summed E-state index contributed by atoms with van der Waals surface area (Å²) in [6, 6.07) is 0. The monoisotopic (exact) mass is 159 g/mol. The second kappa shape index (κ2) is 2.13. The molecule has 0 aromatic rings. The molecule has 3 heteroatoms. The van der Waals surface area contributed by atoms with Crippen molar-refractivity contribution in [2.24, 2.45) is 5.92 Å². The third-order valence-corrected chi connectivity index (χ3v) is 4.07. The van der Waals surface area contributed by atoms with Gasteiger partial charge in [0, 0.05) is 11.3 Å². The minimum Gasteiger partial charge on any atom is -0.379 e. The second-order valence-corrected chi connectivity index (χ2v) is 4.56. The van der Waals surface area contributed by atoms with Crippen molar-refractivity contribution in [1.82, 2.24) is 5.32 Å². The van der Waals surface area contributed by atoms with Gasteiger partial charge in [-0.2, -0.15) is 11.8 Å². The lowest BCUT2D eigenvalue weighted by Gasteiger charge is -2.22. The van der Waals surface area contributed by atoms with Gasteiger partial charge in [0.05, 0.1) is 0 Å². The van der Waals surface area contributed by atoms with Crippen molar-refractivity contribution in [3.05, 3.63) is 0 Å². The molecule has 2 aliphatic heterocycles. The molecule has 10 heavy (non-hydrogen) atoms. The average Bonchev–Trinajstić information content (AvgIpc) is 2.20. The summed E-state index contributed by atoms with van der Waals surface area (Å²) in [7, 11) is 0. The van der Waals surface area contributed by atoms with Crippen LogP contribution in [0.2, 0.25) is 0 Å². The summed E-state index contributed by atoms with van der Waals surface area (Å²) in [6.45, 7) is 2.22. The highest BCUT2D eigenvalue weighted by Crippen LogP contribution is 2.40. The lowest BCUT2D eigenvalue weighted by molar-refractivity contribution is 0.146. The normalized spacial score (nSPS) is 53.4. The fourth-order valence-corrected chi connectivity index (χ4v) is 3.56. The van der Waals surface area contributed by atoms with E-state index in [0.29, 0.717) is 5.92 Å². The number of aliphatic hydroxyl groups excluding tert-OH is 1. The Bertz CT molecular complexity index is 153. The molecule has 2 aliphatic rings. The molecule has 0 bridgehead atoms. The molecular weight excluding hydrogens is 146 g/mol. The van der Waals surface area contributed by atoms with Gasteiger partial charge in [-0.05, 0) is 25.0 Å². The molecule has 0 amide bonds. The first-order valence-corrected chi connectivity index (χ1v) is 4.90. The van der Waals surface area contributed by atoms with Crippen LogP contribution in [0.15, 0.2) is 0 Å². The van der Waals surface area contributed by atoms with Crippen molar-refractivity contribution in [2.75, 3.05) is 11.5 Å². The number of thioether (sulfide) groups is 1. The number of fused-ring (bicyclic) bond motifs is 1. The molecule has 2 N–H and O–H groups in total. The van der Waals surface area contributed by atoms with E-state index in [1.54, 1.807) is 0 Å². The van der Waals surface area contributed by atoms with Crippen LogP contribution in [0.3, 0.4) is 0 Å². The van der Waals surface area contributed by atoms with Gasteiger partial charge in [-0.15, -0.1) is 0 Å². The smallest absolute Gasteiger partial charge is 0.105 e. The highest BCUT2D eigenvalue weighted by molar-refractivity contribution is 7.99. The van der Waals surface area contributed by atoms with Crippen molar-refractivity contribution >= 4 is 11.8 Å². The fourth-order valence-electron chi connectivity index (χ4n) is 1.91. The molecule has 3 atom stereocenters. The third-order valence-electron chi connectivity index (χ3n) is 2.63. The molecule has 0 saturated carbocycles. The summed E-state index contributed by atoms with van der Waals surface area (Å²) in [4.78, 5) is 0. The maximum Gasteiger partial charge on any atom is 0.105 e. The summed E-state index contributed by atoms with van der Waals surface area (Å²) in [5, 5.41) is 12.5. The van der Waals surface area contributed by atoms with Gasteiger partial charge < -0.3 is 5.11 Å². The topological polar surface area (TPSA) is 32.3 Å². The Morgan fingerprint density at radius 1 is 1.70 bits per heavy atom. The minimum absolute atomic E-state index is 0.240. The predicted octanol–water partition coefficient (Wildman–Crippen LogP) is 0.420. The largest absolute Gasteiger partial charge is 0.379 e.